The Kier molecular flexibility index (Phi) is 4.17. The molecular weight excluding hydrogens is 256 g/mol. The van der Waals surface area contributed by atoms with E-state index in [1.54, 1.807) is 29.2 Å². The fraction of sp³-hybridized carbons (Fsp3) is 0.400. The summed E-state index contributed by atoms with van der Waals surface area (Å²) in [5.74, 6) is -0.554. The number of rotatable bonds is 6. The molecule has 1 heterocycles. The van der Waals surface area contributed by atoms with Crippen molar-refractivity contribution in [2.75, 3.05) is 13.1 Å². The van der Waals surface area contributed by atoms with Gasteiger partial charge in [-0.3, -0.25) is 19.3 Å². The Labute approximate surface area is 118 Å². The minimum atomic E-state index is -0.277. The average Bonchev–Trinajstić information content (AvgIpc) is 2.72. The molecule has 3 amide bonds. The van der Waals surface area contributed by atoms with Crippen molar-refractivity contribution in [2.24, 2.45) is 0 Å². The Hall–Kier alpha value is -2.17. The van der Waals surface area contributed by atoms with Crippen molar-refractivity contribution in [3.63, 3.8) is 0 Å². The molecule has 0 bridgehead atoms. The lowest BCUT2D eigenvalue weighted by molar-refractivity contribution is -0.120. The van der Waals surface area contributed by atoms with Crippen LogP contribution < -0.4 is 0 Å². The highest BCUT2D eigenvalue weighted by atomic mass is 16.2. The highest BCUT2D eigenvalue weighted by Gasteiger charge is 2.34. The van der Waals surface area contributed by atoms with E-state index in [1.807, 2.05) is 13.8 Å². The molecule has 5 heteroatoms. The van der Waals surface area contributed by atoms with Gasteiger partial charge in [-0.05, 0) is 25.5 Å². The minimum absolute atomic E-state index is 0.0997. The van der Waals surface area contributed by atoms with E-state index in [2.05, 4.69) is 0 Å². The lowest BCUT2D eigenvalue weighted by atomic mass is 10.1. The summed E-state index contributed by atoms with van der Waals surface area (Å²) >= 11 is 0. The van der Waals surface area contributed by atoms with Gasteiger partial charge in [0, 0.05) is 19.1 Å². The largest absolute Gasteiger partial charge is 0.341 e. The molecule has 0 saturated heterocycles. The molecule has 0 saturated carbocycles. The van der Waals surface area contributed by atoms with Crippen LogP contribution >= 0.6 is 0 Å². The van der Waals surface area contributed by atoms with Gasteiger partial charge in [-0.2, -0.15) is 0 Å². The third kappa shape index (κ3) is 2.43. The second kappa shape index (κ2) is 5.86. The van der Waals surface area contributed by atoms with Crippen molar-refractivity contribution in [1.29, 1.82) is 0 Å². The zero-order chi connectivity index (χ0) is 14.7. The van der Waals surface area contributed by atoms with Crippen LogP contribution in [0.3, 0.4) is 0 Å². The van der Waals surface area contributed by atoms with E-state index >= 15 is 0 Å². The first-order valence-corrected chi connectivity index (χ1v) is 6.76. The van der Waals surface area contributed by atoms with Crippen LogP contribution in [0, 0.1) is 0 Å². The highest BCUT2D eigenvalue weighted by Crippen LogP contribution is 2.22. The van der Waals surface area contributed by atoms with E-state index in [-0.39, 0.29) is 24.4 Å². The third-order valence-corrected chi connectivity index (χ3v) is 3.75. The van der Waals surface area contributed by atoms with Crippen LogP contribution in [-0.2, 0) is 4.79 Å². The van der Waals surface area contributed by atoms with Crippen molar-refractivity contribution in [3.8, 4) is 0 Å². The molecule has 0 radical (unpaired) electrons. The molecule has 1 aliphatic rings. The normalized spacial score (nSPS) is 15.2. The molecule has 0 N–H and O–H groups in total. The molecule has 0 spiro atoms. The Bertz CT molecular complexity index is 507. The second-order valence-corrected chi connectivity index (χ2v) is 4.91. The van der Waals surface area contributed by atoms with Gasteiger partial charge in [0.25, 0.3) is 11.8 Å². The summed E-state index contributed by atoms with van der Waals surface area (Å²) in [6, 6.07) is 6.89. The van der Waals surface area contributed by atoms with Crippen LogP contribution in [0.25, 0.3) is 0 Å². The lowest BCUT2D eigenvalue weighted by Gasteiger charge is -2.26. The zero-order valence-corrected chi connectivity index (χ0v) is 11.7. The third-order valence-electron chi connectivity index (χ3n) is 3.75. The predicted molar refractivity (Wildman–Crippen MR) is 74.3 cm³/mol. The molecule has 0 aliphatic carbocycles. The van der Waals surface area contributed by atoms with Gasteiger partial charge >= 0.3 is 0 Å². The number of benzene rings is 1. The van der Waals surface area contributed by atoms with E-state index in [0.29, 0.717) is 17.7 Å². The van der Waals surface area contributed by atoms with Gasteiger partial charge in [0.15, 0.2) is 0 Å². The van der Waals surface area contributed by atoms with E-state index in [1.165, 1.54) is 4.90 Å². The number of imide groups is 1. The standard InChI is InChI=1S/C15H18N2O3/c1-3-11(2)16(10-18)8-9-17-14(19)12-6-4-5-7-13(12)15(17)20/h4-7,10-11H,3,8-9H2,1-2H3. The van der Waals surface area contributed by atoms with Crippen molar-refractivity contribution < 1.29 is 14.4 Å². The maximum atomic E-state index is 12.1. The van der Waals surface area contributed by atoms with Crippen LogP contribution in [0.15, 0.2) is 24.3 Å². The Morgan fingerprint density at radius 1 is 1.20 bits per heavy atom. The minimum Gasteiger partial charge on any atom is -0.341 e. The Morgan fingerprint density at radius 3 is 2.20 bits per heavy atom. The summed E-state index contributed by atoms with van der Waals surface area (Å²) in [6.45, 7) is 4.53. The Morgan fingerprint density at radius 2 is 1.75 bits per heavy atom. The predicted octanol–water partition coefficient (Wildman–Crippen LogP) is 1.54. The van der Waals surface area contributed by atoms with Gasteiger partial charge in [0.05, 0.1) is 11.1 Å². The van der Waals surface area contributed by atoms with Crippen LogP contribution in [-0.4, -0.2) is 47.2 Å². The summed E-state index contributed by atoms with van der Waals surface area (Å²) in [5.41, 5.74) is 0.886. The first-order valence-electron chi connectivity index (χ1n) is 6.76. The molecule has 1 atom stereocenters. The van der Waals surface area contributed by atoms with E-state index in [4.69, 9.17) is 0 Å². The zero-order valence-electron chi connectivity index (χ0n) is 11.7. The van der Waals surface area contributed by atoms with Gasteiger partial charge in [-0.25, -0.2) is 0 Å². The number of nitrogens with zero attached hydrogens (tertiary/aromatic N) is 2. The Balaban J connectivity index is 2.07. The molecule has 5 nitrogen and oxygen atoms in total. The molecule has 0 aromatic heterocycles. The monoisotopic (exact) mass is 274 g/mol. The highest BCUT2D eigenvalue weighted by molar-refractivity contribution is 6.21. The molecule has 0 fully saturated rings. The van der Waals surface area contributed by atoms with Crippen LogP contribution in [0.1, 0.15) is 41.0 Å². The lowest BCUT2D eigenvalue weighted by Crippen LogP contribution is -2.41. The first-order chi connectivity index (χ1) is 9.60. The number of amides is 3. The fourth-order valence-electron chi connectivity index (χ4n) is 2.27. The van der Waals surface area contributed by atoms with Gasteiger partial charge in [0.2, 0.25) is 6.41 Å². The van der Waals surface area contributed by atoms with Crippen molar-refractivity contribution in [3.05, 3.63) is 35.4 Å². The van der Waals surface area contributed by atoms with Gasteiger partial charge < -0.3 is 4.90 Å². The number of hydrogen-bond donors (Lipinski definition) is 0. The van der Waals surface area contributed by atoms with Gasteiger partial charge in [-0.1, -0.05) is 19.1 Å². The average molecular weight is 274 g/mol. The van der Waals surface area contributed by atoms with Crippen molar-refractivity contribution >= 4 is 18.2 Å². The second-order valence-electron chi connectivity index (χ2n) is 4.91. The topological polar surface area (TPSA) is 57.7 Å². The molecule has 1 aromatic rings. The SMILES string of the molecule is CCC(C)N(C=O)CCN1C(=O)c2ccccc2C1=O. The molecule has 2 rings (SSSR count). The summed E-state index contributed by atoms with van der Waals surface area (Å²) in [7, 11) is 0. The van der Waals surface area contributed by atoms with Crippen LogP contribution in [0.2, 0.25) is 0 Å². The summed E-state index contributed by atoms with van der Waals surface area (Å²) in [4.78, 5) is 38.1. The molecule has 106 valence electrons. The number of fused-ring (bicyclic) bond motifs is 1. The summed E-state index contributed by atoms with van der Waals surface area (Å²) < 4.78 is 0. The van der Waals surface area contributed by atoms with E-state index in [0.717, 1.165) is 12.8 Å². The van der Waals surface area contributed by atoms with Crippen molar-refractivity contribution in [1.82, 2.24) is 9.80 Å². The fourth-order valence-corrected chi connectivity index (χ4v) is 2.27. The molecular formula is C15H18N2O3. The molecule has 1 aromatic carbocycles. The van der Waals surface area contributed by atoms with Crippen LogP contribution in [0.5, 0.6) is 0 Å². The summed E-state index contributed by atoms with van der Waals surface area (Å²) in [5, 5.41) is 0. The number of hydrogen-bond acceptors (Lipinski definition) is 3. The first kappa shape index (κ1) is 14.2. The van der Waals surface area contributed by atoms with E-state index in [9.17, 15) is 14.4 Å². The van der Waals surface area contributed by atoms with Gasteiger partial charge in [0.1, 0.15) is 0 Å². The molecule has 1 aliphatic heterocycles. The van der Waals surface area contributed by atoms with E-state index < -0.39 is 0 Å². The summed E-state index contributed by atoms with van der Waals surface area (Å²) in [6.07, 6.45) is 1.60. The smallest absolute Gasteiger partial charge is 0.261 e. The number of carbonyl (C=O) groups excluding carboxylic acids is 3. The maximum Gasteiger partial charge on any atom is 0.261 e. The quantitative estimate of drug-likeness (QED) is 0.584. The number of carbonyl (C=O) groups is 3. The maximum absolute atomic E-state index is 12.1. The molecule has 20 heavy (non-hydrogen) atoms. The molecule has 1 unspecified atom stereocenters. The van der Waals surface area contributed by atoms with Crippen LogP contribution in [0.4, 0.5) is 0 Å². The van der Waals surface area contributed by atoms with Gasteiger partial charge in [-0.15, -0.1) is 0 Å². The van der Waals surface area contributed by atoms with Crippen molar-refractivity contribution in [2.45, 2.75) is 26.3 Å².